The number of hydrogen-bond donors (Lipinski definition) is 0. The van der Waals surface area contributed by atoms with Gasteiger partial charge in [-0.15, -0.1) is 0 Å². The van der Waals surface area contributed by atoms with E-state index in [0.717, 1.165) is 0 Å². The van der Waals surface area contributed by atoms with Crippen LogP contribution in [0.15, 0.2) is 60.8 Å². The number of benzene rings is 1. The molecule has 24 heavy (non-hydrogen) atoms. The van der Waals surface area contributed by atoms with Crippen LogP contribution in [0.1, 0.15) is 11.3 Å². The standard InChI is InChI=1S/C15H13N2.6FH.Sb/c16-13-15-10-4-5-11-17(15)12-6-9-14-7-2-1-3-8-14;;;;;;;/h1-11H,12H2;6*1H;/q+1;;;;;;;+5/p-6. The molecule has 2 nitrogen and oxygen atoms in total. The van der Waals surface area contributed by atoms with Gasteiger partial charge < -0.3 is 0 Å². The van der Waals surface area contributed by atoms with Gasteiger partial charge in [0.25, 0.3) is 5.69 Å². The topological polar surface area (TPSA) is 27.7 Å². The Morgan fingerprint density at radius 1 is 0.917 bits per heavy atom. The zero-order valence-electron chi connectivity index (χ0n) is 12.2. The van der Waals surface area contributed by atoms with Crippen molar-refractivity contribution in [2.45, 2.75) is 6.54 Å². The van der Waals surface area contributed by atoms with Gasteiger partial charge in [-0.25, -0.2) is 0 Å². The Hall–Kier alpha value is -2.00. The second kappa shape index (κ2) is 6.86. The maximum atomic E-state index is 9.93. The van der Waals surface area contributed by atoms with Gasteiger partial charge >= 0.3 is 36.4 Å². The molecule has 0 amide bonds. The zero-order valence-corrected chi connectivity index (χ0v) is 14.7. The van der Waals surface area contributed by atoms with E-state index in [4.69, 9.17) is 5.26 Å². The van der Waals surface area contributed by atoms with Gasteiger partial charge in [-0.1, -0.05) is 36.4 Å². The van der Waals surface area contributed by atoms with Gasteiger partial charge in [-0.3, -0.25) is 0 Å². The molecule has 9 heteroatoms. The Kier molecular flexibility index (Phi) is 5.73. The predicted octanol–water partition coefficient (Wildman–Crippen LogP) is 4.70. The van der Waals surface area contributed by atoms with E-state index < -0.39 is 19.5 Å². The molecule has 0 aliphatic carbocycles. The molecule has 0 aliphatic heterocycles. The summed E-state index contributed by atoms with van der Waals surface area (Å²) >= 11 is -11.2. The van der Waals surface area contributed by atoms with Crippen LogP contribution in [0.25, 0.3) is 6.08 Å². The third-order valence-electron chi connectivity index (χ3n) is 2.47. The third kappa shape index (κ3) is 11.6. The number of pyridine rings is 1. The van der Waals surface area contributed by atoms with E-state index in [1.807, 2.05) is 47.2 Å². The molecule has 2 rings (SSSR count). The normalized spacial score (nSPS) is 14.0. The first kappa shape index (κ1) is 20.0. The van der Waals surface area contributed by atoms with Crippen molar-refractivity contribution in [1.29, 1.82) is 5.26 Å². The predicted molar refractivity (Wildman–Crippen MR) is 79.2 cm³/mol. The zero-order chi connectivity index (χ0) is 18.3. The Morgan fingerprint density at radius 2 is 1.46 bits per heavy atom. The van der Waals surface area contributed by atoms with Crippen molar-refractivity contribution in [3.8, 4) is 6.07 Å². The van der Waals surface area contributed by atoms with Crippen molar-refractivity contribution in [1.82, 2.24) is 0 Å². The molecular formula is C15H13F6N2Sb. The summed E-state index contributed by atoms with van der Waals surface area (Å²) in [5.41, 5.74) is 1.84. The van der Waals surface area contributed by atoms with Crippen LogP contribution in [0.3, 0.4) is 0 Å². The number of aromatic nitrogens is 1. The number of halogens is 6. The Bertz CT molecular complexity index is 737. The Morgan fingerprint density at radius 3 is 2.00 bits per heavy atom. The molecule has 1 aromatic carbocycles. The van der Waals surface area contributed by atoms with Crippen LogP contribution in [0.5, 0.6) is 0 Å². The van der Waals surface area contributed by atoms with Crippen molar-refractivity contribution < 1.29 is 21.4 Å². The van der Waals surface area contributed by atoms with Crippen LogP contribution in [-0.2, 0) is 6.54 Å². The third-order valence-corrected chi connectivity index (χ3v) is 2.47. The molecule has 0 saturated carbocycles. The molecule has 2 aromatic rings. The number of rotatable bonds is 3. The van der Waals surface area contributed by atoms with E-state index in [9.17, 15) is 16.9 Å². The molecule has 130 valence electrons. The molecule has 0 radical (unpaired) electrons. The summed E-state index contributed by atoms with van der Waals surface area (Å²) in [5.74, 6) is 0. The molecule has 0 saturated heterocycles. The van der Waals surface area contributed by atoms with Crippen LogP contribution >= 0.6 is 0 Å². The van der Waals surface area contributed by atoms with Crippen LogP contribution in [-0.4, -0.2) is 19.5 Å². The van der Waals surface area contributed by atoms with E-state index in [2.05, 4.69) is 30.4 Å². The van der Waals surface area contributed by atoms with Crippen LogP contribution in [0, 0.1) is 11.3 Å². The van der Waals surface area contributed by atoms with Gasteiger partial charge in [-0.2, -0.15) is 9.83 Å². The van der Waals surface area contributed by atoms with Gasteiger partial charge in [-0.05, 0) is 17.7 Å². The molecular weight excluding hydrogens is 444 g/mol. The molecule has 0 spiro atoms. The number of allylic oxidation sites excluding steroid dienone is 1. The monoisotopic (exact) mass is 456 g/mol. The first-order chi connectivity index (χ1) is 10.8. The van der Waals surface area contributed by atoms with E-state index in [0.29, 0.717) is 12.2 Å². The second-order valence-electron chi connectivity index (χ2n) is 4.62. The van der Waals surface area contributed by atoms with Crippen molar-refractivity contribution in [3.63, 3.8) is 0 Å². The fourth-order valence-electron chi connectivity index (χ4n) is 1.60. The van der Waals surface area contributed by atoms with Gasteiger partial charge in [0, 0.05) is 12.1 Å². The fourth-order valence-corrected chi connectivity index (χ4v) is 1.60. The molecule has 1 aromatic heterocycles. The van der Waals surface area contributed by atoms with Crippen molar-refractivity contribution >= 4 is 25.6 Å². The second-order valence-corrected chi connectivity index (χ2v) is 10.1. The van der Waals surface area contributed by atoms with Gasteiger partial charge in [0.1, 0.15) is 0 Å². The van der Waals surface area contributed by atoms with Gasteiger partial charge in [0.2, 0.25) is 0 Å². The van der Waals surface area contributed by atoms with E-state index >= 15 is 0 Å². The van der Waals surface area contributed by atoms with E-state index in [-0.39, 0.29) is 0 Å². The van der Waals surface area contributed by atoms with E-state index in [1.165, 1.54) is 5.56 Å². The van der Waals surface area contributed by atoms with Crippen LogP contribution < -0.4 is 4.57 Å². The first-order valence-electron chi connectivity index (χ1n) is 6.52. The summed E-state index contributed by atoms with van der Waals surface area (Å²) in [4.78, 5) is 0. The average Bonchev–Trinajstić information content (AvgIpc) is 2.46. The first-order valence-corrected chi connectivity index (χ1v) is 12.3. The maximum absolute atomic E-state index is 11.2. The van der Waals surface area contributed by atoms with Crippen molar-refractivity contribution in [2.75, 3.05) is 0 Å². The van der Waals surface area contributed by atoms with Crippen molar-refractivity contribution in [3.05, 3.63) is 72.1 Å². The summed E-state index contributed by atoms with van der Waals surface area (Å²) in [6, 6.07) is 17.9. The minimum absolute atomic E-state index is 0.671. The summed E-state index contributed by atoms with van der Waals surface area (Å²) in [6.07, 6.45) is 6.02. The van der Waals surface area contributed by atoms with Gasteiger partial charge in [0.15, 0.2) is 18.8 Å². The number of nitriles is 1. The molecule has 0 N–H and O–H groups in total. The van der Waals surface area contributed by atoms with Crippen LogP contribution in [0.4, 0.5) is 16.9 Å². The molecule has 0 unspecified atom stereocenters. The number of hydrogen-bond acceptors (Lipinski definition) is 1. The minimum atomic E-state index is -11.2. The fraction of sp³-hybridized carbons (Fsp3) is 0.0667. The molecule has 0 fully saturated rings. The molecule has 0 aliphatic rings. The number of nitrogens with zero attached hydrogens (tertiary/aromatic N) is 2. The summed E-state index contributed by atoms with van der Waals surface area (Å²) in [6.45, 7) is 0.707. The SMILES string of the molecule is N#Cc1cccc[n+]1CC=Cc1ccccc1.[F][Sb-]([F])([F])([F])([F])[F]. The summed E-state index contributed by atoms with van der Waals surface area (Å²) in [7, 11) is 0. The van der Waals surface area contributed by atoms with E-state index in [1.54, 1.807) is 0 Å². The molecule has 0 atom stereocenters. The molecule has 0 bridgehead atoms. The quantitative estimate of drug-likeness (QED) is 0.373. The summed E-state index contributed by atoms with van der Waals surface area (Å²) in [5, 5.41) is 8.94. The Balaban J connectivity index is 0.000000351. The summed E-state index contributed by atoms with van der Waals surface area (Å²) < 4.78 is 61.5. The van der Waals surface area contributed by atoms with Crippen molar-refractivity contribution in [2.24, 2.45) is 0 Å². The average molecular weight is 457 g/mol. The van der Waals surface area contributed by atoms with Crippen LogP contribution in [0.2, 0.25) is 0 Å². The Labute approximate surface area is 137 Å². The van der Waals surface area contributed by atoms with Gasteiger partial charge in [0.05, 0.1) is 0 Å². The molecule has 1 heterocycles.